The number of rotatable bonds is 9. The van der Waals surface area contributed by atoms with Crippen molar-refractivity contribution >= 4 is 35.6 Å². The minimum atomic E-state index is 0. The van der Waals surface area contributed by atoms with Gasteiger partial charge < -0.3 is 19.5 Å². The molecule has 160 valence electrons. The van der Waals surface area contributed by atoms with Gasteiger partial charge in [-0.05, 0) is 53.1 Å². The zero-order valence-electron chi connectivity index (χ0n) is 16.8. The first-order chi connectivity index (χ1) is 14.1. The molecule has 0 radical (unpaired) electrons. The van der Waals surface area contributed by atoms with Crippen LogP contribution in [0.3, 0.4) is 0 Å². The van der Waals surface area contributed by atoms with Crippen LogP contribution < -0.4 is 19.5 Å². The maximum Gasteiger partial charge on any atom is 0.161 e. The zero-order chi connectivity index (χ0) is 20.6. The van der Waals surface area contributed by atoms with Gasteiger partial charge in [-0.25, -0.2) is 0 Å². The lowest BCUT2D eigenvalue weighted by molar-refractivity contribution is 0.284. The Bertz CT molecular complexity index is 949. The summed E-state index contributed by atoms with van der Waals surface area (Å²) in [5.41, 5.74) is 3.24. The highest BCUT2D eigenvalue weighted by atomic mass is 35.5. The molecule has 0 aliphatic carbocycles. The molecule has 0 aliphatic heterocycles. The molecule has 0 heterocycles. The SMILES string of the molecule is COc1ccc(CNCc2ccc(OCc3ccc(Cl)c(Cl)c3)c(OC)c2)cc1.Cl. The van der Waals surface area contributed by atoms with E-state index in [0.29, 0.717) is 28.2 Å². The van der Waals surface area contributed by atoms with E-state index in [1.54, 1.807) is 26.4 Å². The second-order valence-electron chi connectivity index (χ2n) is 6.47. The summed E-state index contributed by atoms with van der Waals surface area (Å²) in [7, 11) is 3.30. The molecule has 0 aliphatic rings. The van der Waals surface area contributed by atoms with Crippen LogP contribution >= 0.6 is 35.6 Å². The molecule has 4 nitrogen and oxygen atoms in total. The molecule has 0 spiro atoms. The summed E-state index contributed by atoms with van der Waals surface area (Å²) in [4.78, 5) is 0. The van der Waals surface area contributed by atoms with Crippen LogP contribution in [0.1, 0.15) is 16.7 Å². The quantitative estimate of drug-likeness (QED) is 0.400. The normalized spacial score (nSPS) is 10.3. The first-order valence-electron chi connectivity index (χ1n) is 9.16. The highest BCUT2D eigenvalue weighted by Gasteiger charge is 2.07. The summed E-state index contributed by atoms with van der Waals surface area (Å²) in [6.45, 7) is 1.86. The summed E-state index contributed by atoms with van der Waals surface area (Å²) < 4.78 is 16.6. The zero-order valence-corrected chi connectivity index (χ0v) is 19.1. The van der Waals surface area contributed by atoms with Gasteiger partial charge >= 0.3 is 0 Å². The average molecular weight is 469 g/mol. The van der Waals surface area contributed by atoms with Gasteiger partial charge in [-0.2, -0.15) is 0 Å². The Labute approximate surface area is 193 Å². The van der Waals surface area contributed by atoms with Gasteiger partial charge in [0.2, 0.25) is 0 Å². The van der Waals surface area contributed by atoms with Gasteiger partial charge in [0.1, 0.15) is 12.4 Å². The molecule has 0 atom stereocenters. The second kappa shape index (κ2) is 11.9. The van der Waals surface area contributed by atoms with Crippen LogP contribution in [-0.2, 0) is 19.7 Å². The fraction of sp³-hybridized carbons (Fsp3) is 0.217. The van der Waals surface area contributed by atoms with E-state index in [4.69, 9.17) is 37.4 Å². The number of ether oxygens (including phenoxy) is 3. The molecule has 0 aromatic heterocycles. The minimum Gasteiger partial charge on any atom is -0.497 e. The van der Waals surface area contributed by atoms with Crippen molar-refractivity contribution in [3.05, 3.63) is 87.4 Å². The van der Waals surface area contributed by atoms with Gasteiger partial charge in [-0.1, -0.05) is 47.5 Å². The molecular weight excluding hydrogens is 445 g/mol. The fourth-order valence-corrected chi connectivity index (χ4v) is 3.15. The van der Waals surface area contributed by atoms with Crippen molar-refractivity contribution in [1.29, 1.82) is 0 Å². The average Bonchev–Trinajstić information content (AvgIpc) is 2.75. The standard InChI is InChI=1S/C23H23Cl2NO3.ClH/c1-27-19-7-3-16(4-8-19)13-26-14-17-6-10-22(23(12-17)28-2)29-15-18-5-9-20(24)21(25)11-18;/h3-12,26H,13-15H2,1-2H3;1H. The Morgan fingerprint density at radius 2 is 1.37 bits per heavy atom. The Morgan fingerprint density at radius 1 is 0.700 bits per heavy atom. The van der Waals surface area contributed by atoms with Crippen molar-refractivity contribution in [2.24, 2.45) is 0 Å². The molecule has 3 aromatic carbocycles. The maximum absolute atomic E-state index is 6.06. The molecule has 0 saturated carbocycles. The molecule has 3 rings (SSSR count). The molecule has 0 unspecified atom stereocenters. The number of hydrogen-bond donors (Lipinski definition) is 1. The third-order valence-corrected chi connectivity index (χ3v) is 5.16. The topological polar surface area (TPSA) is 39.7 Å². The van der Waals surface area contributed by atoms with Crippen LogP contribution in [-0.4, -0.2) is 14.2 Å². The third kappa shape index (κ3) is 6.71. The van der Waals surface area contributed by atoms with E-state index < -0.39 is 0 Å². The van der Waals surface area contributed by atoms with Crippen molar-refractivity contribution in [2.45, 2.75) is 19.7 Å². The number of methoxy groups -OCH3 is 2. The molecular formula is C23H24Cl3NO3. The van der Waals surface area contributed by atoms with Crippen molar-refractivity contribution in [1.82, 2.24) is 5.32 Å². The Hall–Kier alpha value is -2.11. The van der Waals surface area contributed by atoms with E-state index in [-0.39, 0.29) is 12.4 Å². The van der Waals surface area contributed by atoms with E-state index in [2.05, 4.69) is 5.32 Å². The van der Waals surface area contributed by atoms with E-state index in [1.165, 1.54) is 5.56 Å². The molecule has 7 heteroatoms. The maximum atomic E-state index is 6.06. The molecule has 1 N–H and O–H groups in total. The third-order valence-electron chi connectivity index (χ3n) is 4.42. The van der Waals surface area contributed by atoms with Crippen molar-refractivity contribution < 1.29 is 14.2 Å². The molecule has 0 amide bonds. The first-order valence-corrected chi connectivity index (χ1v) is 9.92. The second-order valence-corrected chi connectivity index (χ2v) is 7.29. The summed E-state index contributed by atoms with van der Waals surface area (Å²) in [6, 6.07) is 19.4. The van der Waals surface area contributed by atoms with Crippen LogP contribution in [0, 0.1) is 0 Å². The minimum absolute atomic E-state index is 0. The highest BCUT2D eigenvalue weighted by molar-refractivity contribution is 6.42. The largest absolute Gasteiger partial charge is 0.497 e. The van der Waals surface area contributed by atoms with Crippen LogP contribution in [0.15, 0.2) is 60.7 Å². The molecule has 0 saturated heterocycles. The molecule has 0 bridgehead atoms. The van der Waals surface area contributed by atoms with Crippen molar-refractivity contribution in [3.8, 4) is 17.2 Å². The van der Waals surface area contributed by atoms with E-state index in [1.807, 2.05) is 48.5 Å². The Morgan fingerprint density at radius 3 is 2.03 bits per heavy atom. The van der Waals surface area contributed by atoms with E-state index >= 15 is 0 Å². The number of benzene rings is 3. The summed E-state index contributed by atoms with van der Waals surface area (Å²) in [6.07, 6.45) is 0. The lowest BCUT2D eigenvalue weighted by Gasteiger charge is -2.13. The van der Waals surface area contributed by atoms with Crippen LogP contribution in [0.2, 0.25) is 10.0 Å². The lowest BCUT2D eigenvalue weighted by Crippen LogP contribution is -2.12. The van der Waals surface area contributed by atoms with Gasteiger partial charge in [0.05, 0.1) is 24.3 Å². The summed E-state index contributed by atoms with van der Waals surface area (Å²) in [5, 5.41) is 4.47. The van der Waals surface area contributed by atoms with Gasteiger partial charge in [0.15, 0.2) is 11.5 Å². The molecule has 30 heavy (non-hydrogen) atoms. The number of nitrogens with one attached hydrogen (secondary N) is 1. The van der Waals surface area contributed by atoms with Gasteiger partial charge in [-0.15, -0.1) is 12.4 Å². The summed E-state index contributed by atoms with van der Waals surface area (Å²) in [5.74, 6) is 2.22. The predicted molar refractivity (Wildman–Crippen MR) is 125 cm³/mol. The highest BCUT2D eigenvalue weighted by Crippen LogP contribution is 2.30. The predicted octanol–water partition coefficient (Wildman–Crippen LogP) is 6.30. The van der Waals surface area contributed by atoms with Crippen molar-refractivity contribution in [2.75, 3.05) is 14.2 Å². The lowest BCUT2D eigenvalue weighted by atomic mass is 10.1. The smallest absolute Gasteiger partial charge is 0.161 e. The number of hydrogen-bond acceptors (Lipinski definition) is 4. The monoisotopic (exact) mass is 467 g/mol. The van der Waals surface area contributed by atoms with E-state index in [0.717, 1.165) is 30.0 Å². The Kier molecular flexibility index (Phi) is 9.60. The van der Waals surface area contributed by atoms with Gasteiger partial charge in [0, 0.05) is 13.1 Å². The van der Waals surface area contributed by atoms with Crippen LogP contribution in [0.5, 0.6) is 17.2 Å². The van der Waals surface area contributed by atoms with Crippen molar-refractivity contribution in [3.63, 3.8) is 0 Å². The number of halogens is 3. The Balaban J connectivity index is 0.00000320. The van der Waals surface area contributed by atoms with Crippen LogP contribution in [0.4, 0.5) is 0 Å². The van der Waals surface area contributed by atoms with E-state index in [9.17, 15) is 0 Å². The first kappa shape index (κ1) is 24.2. The van der Waals surface area contributed by atoms with Gasteiger partial charge in [-0.3, -0.25) is 0 Å². The van der Waals surface area contributed by atoms with Gasteiger partial charge in [0.25, 0.3) is 0 Å². The fourth-order valence-electron chi connectivity index (χ4n) is 2.83. The summed E-state index contributed by atoms with van der Waals surface area (Å²) >= 11 is 12.0. The molecule has 0 fully saturated rings. The molecule has 3 aromatic rings. The van der Waals surface area contributed by atoms with Crippen LogP contribution in [0.25, 0.3) is 0 Å².